The second kappa shape index (κ2) is 6.14. The number of rotatable bonds is 5. The van der Waals surface area contributed by atoms with Crippen molar-refractivity contribution in [2.75, 3.05) is 6.61 Å². The van der Waals surface area contributed by atoms with Gasteiger partial charge in [0.15, 0.2) is 0 Å². The molecule has 0 amide bonds. The molecule has 0 aromatic heterocycles. The third-order valence-electron chi connectivity index (χ3n) is 3.54. The van der Waals surface area contributed by atoms with Gasteiger partial charge in [0, 0.05) is 0 Å². The van der Waals surface area contributed by atoms with Crippen LogP contribution in [0.5, 0.6) is 0 Å². The van der Waals surface area contributed by atoms with Crippen molar-refractivity contribution in [2.24, 2.45) is 16.7 Å². The van der Waals surface area contributed by atoms with E-state index in [2.05, 4.69) is 0 Å². The average molecular weight is 282 g/mol. The summed E-state index contributed by atoms with van der Waals surface area (Å²) < 4.78 is 41.0. The molecule has 0 aliphatic heterocycles. The lowest BCUT2D eigenvalue weighted by atomic mass is 9.64. The molecule has 0 rings (SSSR count). The summed E-state index contributed by atoms with van der Waals surface area (Å²) in [5.41, 5.74) is -1.15. The first-order valence-corrected chi connectivity index (χ1v) is 6.53. The van der Waals surface area contributed by atoms with Crippen molar-refractivity contribution in [1.82, 2.24) is 0 Å². The lowest BCUT2D eigenvalue weighted by Gasteiger charge is -2.40. The van der Waals surface area contributed by atoms with Crippen LogP contribution in [0.4, 0.5) is 13.2 Å². The molecule has 0 fully saturated rings. The Hall–Kier alpha value is -0.740. The highest BCUT2D eigenvalue weighted by molar-refractivity contribution is 5.77. The van der Waals surface area contributed by atoms with E-state index in [1.807, 2.05) is 34.6 Å². The van der Waals surface area contributed by atoms with E-state index in [4.69, 9.17) is 4.74 Å². The average Bonchev–Trinajstić information content (AvgIpc) is 2.12. The molecule has 114 valence electrons. The Morgan fingerprint density at radius 2 is 1.58 bits per heavy atom. The number of hydrogen-bond donors (Lipinski definition) is 0. The van der Waals surface area contributed by atoms with Crippen LogP contribution in [-0.4, -0.2) is 18.8 Å². The maximum atomic E-state index is 12.1. The van der Waals surface area contributed by atoms with Crippen LogP contribution in [-0.2, 0) is 9.53 Å². The van der Waals surface area contributed by atoms with Crippen LogP contribution in [0, 0.1) is 16.7 Å². The standard InChI is InChI=1S/C14H25F3O2/c1-10(2)9-13(6,12(3,4)5)11(18)19-8-7-14(15,16)17/h10H,7-9H2,1-6H3. The summed E-state index contributed by atoms with van der Waals surface area (Å²) in [6.07, 6.45) is -4.81. The number of alkyl halides is 3. The molecule has 0 heterocycles. The number of carbonyl (C=O) groups excluding carboxylic acids is 1. The van der Waals surface area contributed by atoms with Gasteiger partial charge in [0.05, 0.1) is 18.4 Å². The molecule has 5 heteroatoms. The van der Waals surface area contributed by atoms with E-state index in [1.54, 1.807) is 6.92 Å². The number of esters is 1. The van der Waals surface area contributed by atoms with Crippen LogP contribution in [0.1, 0.15) is 54.4 Å². The van der Waals surface area contributed by atoms with Gasteiger partial charge in [-0.1, -0.05) is 34.6 Å². The first-order valence-electron chi connectivity index (χ1n) is 6.53. The van der Waals surface area contributed by atoms with Gasteiger partial charge in [0.1, 0.15) is 0 Å². The molecule has 2 nitrogen and oxygen atoms in total. The van der Waals surface area contributed by atoms with Gasteiger partial charge < -0.3 is 4.74 Å². The molecule has 0 N–H and O–H groups in total. The number of halogens is 3. The van der Waals surface area contributed by atoms with E-state index in [1.165, 1.54) is 0 Å². The van der Waals surface area contributed by atoms with Crippen molar-refractivity contribution in [3.8, 4) is 0 Å². The molecule has 0 aromatic carbocycles. The summed E-state index contributed by atoms with van der Waals surface area (Å²) in [5, 5.41) is 0. The largest absolute Gasteiger partial charge is 0.465 e. The molecule has 1 unspecified atom stereocenters. The second-order valence-corrected chi connectivity index (χ2v) is 6.68. The fourth-order valence-corrected chi connectivity index (χ4v) is 1.93. The molecule has 0 saturated heterocycles. The lowest BCUT2D eigenvalue weighted by Crippen LogP contribution is -2.43. The monoisotopic (exact) mass is 282 g/mol. The first-order chi connectivity index (χ1) is 8.29. The number of ether oxygens (including phenoxy) is 1. The third-order valence-corrected chi connectivity index (χ3v) is 3.54. The quantitative estimate of drug-likeness (QED) is 0.690. The van der Waals surface area contributed by atoms with Crippen molar-refractivity contribution >= 4 is 5.97 Å². The summed E-state index contributed by atoms with van der Waals surface area (Å²) in [6, 6.07) is 0. The first kappa shape index (κ1) is 18.3. The van der Waals surface area contributed by atoms with Crippen molar-refractivity contribution in [1.29, 1.82) is 0 Å². The van der Waals surface area contributed by atoms with Crippen LogP contribution in [0.3, 0.4) is 0 Å². The summed E-state index contributed by atoms with van der Waals surface area (Å²) in [6.45, 7) is 10.8. The van der Waals surface area contributed by atoms with E-state index in [0.717, 1.165) is 0 Å². The molecule has 0 aromatic rings. The van der Waals surface area contributed by atoms with Gasteiger partial charge >= 0.3 is 12.1 Å². The van der Waals surface area contributed by atoms with Gasteiger partial charge in [-0.2, -0.15) is 13.2 Å². The molecular weight excluding hydrogens is 257 g/mol. The molecule has 0 aliphatic carbocycles. The minimum atomic E-state index is -4.30. The van der Waals surface area contributed by atoms with Crippen molar-refractivity contribution in [3.63, 3.8) is 0 Å². The number of carbonyl (C=O) groups is 1. The minimum Gasteiger partial charge on any atom is -0.465 e. The zero-order valence-corrected chi connectivity index (χ0v) is 12.6. The minimum absolute atomic E-state index is 0.263. The fourth-order valence-electron chi connectivity index (χ4n) is 1.93. The highest BCUT2D eigenvalue weighted by atomic mass is 19.4. The van der Waals surface area contributed by atoms with Gasteiger partial charge in [0.2, 0.25) is 0 Å². The summed E-state index contributed by atoms with van der Waals surface area (Å²) in [5.74, 6) is -0.280. The van der Waals surface area contributed by atoms with Crippen LogP contribution >= 0.6 is 0 Å². The Morgan fingerprint density at radius 3 is 1.89 bits per heavy atom. The molecule has 0 radical (unpaired) electrons. The van der Waals surface area contributed by atoms with E-state index in [0.29, 0.717) is 6.42 Å². The van der Waals surface area contributed by atoms with E-state index >= 15 is 0 Å². The predicted molar refractivity (Wildman–Crippen MR) is 68.6 cm³/mol. The Morgan fingerprint density at radius 1 is 1.11 bits per heavy atom. The van der Waals surface area contributed by atoms with Gasteiger partial charge in [-0.05, 0) is 24.7 Å². The summed E-state index contributed by atoms with van der Waals surface area (Å²) >= 11 is 0. The van der Waals surface area contributed by atoms with Gasteiger partial charge in [-0.25, -0.2) is 0 Å². The van der Waals surface area contributed by atoms with Crippen LogP contribution in [0.25, 0.3) is 0 Å². The maximum absolute atomic E-state index is 12.1. The van der Waals surface area contributed by atoms with E-state index < -0.39 is 30.6 Å². The number of hydrogen-bond acceptors (Lipinski definition) is 2. The van der Waals surface area contributed by atoms with Crippen LogP contribution in [0.15, 0.2) is 0 Å². The van der Waals surface area contributed by atoms with Crippen molar-refractivity contribution in [2.45, 2.75) is 60.6 Å². The maximum Gasteiger partial charge on any atom is 0.392 e. The zero-order chi connectivity index (χ0) is 15.5. The SMILES string of the molecule is CC(C)CC(C)(C(=O)OCCC(F)(F)F)C(C)(C)C. The van der Waals surface area contributed by atoms with Crippen molar-refractivity contribution in [3.05, 3.63) is 0 Å². The van der Waals surface area contributed by atoms with E-state index in [9.17, 15) is 18.0 Å². The van der Waals surface area contributed by atoms with Gasteiger partial charge in [-0.3, -0.25) is 4.79 Å². The second-order valence-electron chi connectivity index (χ2n) is 6.68. The highest BCUT2D eigenvalue weighted by Gasteiger charge is 2.46. The lowest BCUT2D eigenvalue weighted by molar-refractivity contribution is -0.173. The molecule has 0 saturated carbocycles. The molecule has 0 aliphatic rings. The molecule has 0 bridgehead atoms. The van der Waals surface area contributed by atoms with Crippen LogP contribution in [0.2, 0.25) is 0 Å². The van der Waals surface area contributed by atoms with Gasteiger partial charge in [-0.15, -0.1) is 0 Å². The topological polar surface area (TPSA) is 26.3 Å². The fraction of sp³-hybridized carbons (Fsp3) is 0.929. The van der Waals surface area contributed by atoms with Crippen LogP contribution < -0.4 is 0 Å². The Bertz CT molecular complexity index is 303. The molecular formula is C14H25F3O2. The Kier molecular flexibility index (Phi) is 5.90. The summed E-state index contributed by atoms with van der Waals surface area (Å²) in [4.78, 5) is 12.1. The zero-order valence-electron chi connectivity index (χ0n) is 12.6. The molecule has 0 spiro atoms. The highest BCUT2D eigenvalue weighted by Crippen LogP contribution is 2.44. The summed E-state index contributed by atoms with van der Waals surface area (Å²) in [7, 11) is 0. The predicted octanol–water partition coefficient (Wildman–Crippen LogP) is 4.58. The smallest absolute Gasteiger partial charge is 0.392 e. The third kappa shape index (κ3) is 5.83. The van der Waals surface area contributed by atoms with E-state index in [-0.39, 0.29) is 11.3 Å². The van der Waals surface area contributed by atoms with Gasteiger partial charge in [0.25, 0.3) is 0 Å². The molecule has 19 heavy (non-hydrogen) atoms. The Labute approximate surface area is 113 Å². The van der Waals surface area contributed by atoms with Crippen molar-refractivity contribution < 1.29 is 22.7 Å². The Balaban J connectivity index is 4.76. The molecule has 1 atom stereocenters. The normalized spacial score (nSPS) is 16.3.